The number of rotatable bonds is 2. The van der Waals surface area contributed by atoms with Gasteiger partial charge in [0.25, 0.3) is 11.5 Å². The molecular formula is C18H22ClN3O3. The summed E-state index contributed by atoms with van der Waals surface area (Å²) in [6.45, 7) is 3.54. The van der Waals surface area contributed by atoms with E-state index in [0.717, 1.165) is 39.0 Å². The lowest BCUT2D eigenvalue weighted by atomic mass is 9.92. The largest absolute Gasteiger partial charge is 0.463 e. The van der Waals surface area contributed by atoms with Gasteiger partial charge in [0.05, 0.1) is 12.0 Å². The van der Waals surface area contributed by atoms with Gasteiger partial charge in [0.1, 0.15) is 11.3 Å². The predicted molar refractivity (Wildman–Crippen MR) is 97.0 cm³/mol. The number of nitrogens with zero attached hydrogens (tertiary/aromatic N) is 1. The maximum Gasteiger partial charge on any atom is 0.261 e. The van der Waals surface area contributed by atoms with E-state index < -0.39 is 0 Å². The number of H-pyrrole nitrogens is 1. The third-order valence-electron chi connectivity index (χ3n) is 5.23. The van der Waals surface area contributed by atoms with Gasteiger partial charge in [-0.15, -0.1) is 12.4 Å². The van der Waals surface area contributed by atoms with Crippen LogP contribution in [-0.2, 0) is 0 Å². The van der Waals surface area contributed by atoms with Crippen LogP contribution in [0.3, 0.4) is 0 Å². The zero-order valence-corrected chi connectivity index (χ0v) is 14.7. The molecule has 0 saturated carbocycles. The molecule has 2 aromatic heterocycles. The third kappa shape index (κ3) is 3.50. The van der Waals surface area contributed by atoms with E-state index in [4.69, 9.17) is 4.42 Å². The molecule has 2 aromatic rings. The zero-order valence-electron chi connectivity index (χ0n) is 13.9. The number of furan rings is 1. The van der Waals surface area contributed by atoms with Crippen molar-refractivity contribution in [1.82, 2.24) is 15.2 Å². The number of carbonyl (C=O) groups is 1. The van der Waals surface area contributed by atoms with E-state index in [2.05, 4.69) is 10.3 Å². The fourth-order valence-electron chi connectivity index (χ4n) is 3.81. The van der Waals surface area contributed by atoms with Gasteiger partial charge >= 0.3 is 0 Å². The van der Waals surface area contributed by atoms with Gasteiger partial charge in [0, 0.05) is 13.1 Å². The minimum absolute atomic E-state index is 0. The van der Waals surface area contributed by atoms with Crippen LogP contribution in [-0.4, -0.2) is 42.0 Å². The lowest BCUT2D eigenvalue weighted by molar-refractivity contribution is 0.0756. The van der Waals surface area contributed by atoms with Gasteiger partial charge in [0.15, 0.2) is 0 Å². The van der Waals surface area contributed by atoms with Crippen molar-refractivity contribution in [2.45, 2.75) is 12.8 Å². The van der Waals surface area contributed by atoms with Gasteiger partial charge in [-0.05, 0) is 62.0 Å². The Hall–Kier alpha value is -2.05. The first-order chi connectivity index (χ1) is 11.7. The molecule has 134 valence electrons. The highest BCUT2D eigenvalue weighted by atomic mass is 35.5. The van der Waals surface area contributed by atoms with Crippen LogP contribution >= 0.6 is 12.4 Å². The molecule has 2 fully saturated rings. The number of likely N-dealkylation sites (tertiary alicyclic amines) is 1. The van der Waals surface area contributed by atoms with Crippen LogP contribution in [0.15, 0.2) is 39.7 Å². The smallest absolute Gasteiger partial charge is 0.261 e. The van der Waals surface area contributed by atoms with Crippen LogP contribution in [0.4, 0.5) is 0 Å². The normalized spacial score (nSPS) is 22.8. The van der Waals surface area contributed by atoms with E-state index in [1.54, 1.807) is 30.5 Å². The molecule has 1 amide bonds. The summed E-state index contributed by atoms with van der Waals surface area (Å²) >= 11 is 0. The highest BCUT2D eigenvalue weighted by molar-refractivity contribution is 5.94. The summed E-state index contributed by atoms with van der Waals surface area (Å²) in [6.07, 6.45) is 3.56. The Kier molecular flexibility index (Phi) is 5.30. The van der Waals surface area contributed by atoms with Crippen molar-refractivity contribution in [3.63, 3.8) is 0 Å². The molecule has 0 spiro atoms. The molecule has 0 aliphatic carbocycles. The molecule has 0 aromatic carbocycles. The topological polar surface area (TPSA) is 78.3 Å². The standard InChI is InChI=1S/C18H21N3O3.ClH/c22-17-14(3-4-15(20-17)16-2-1-9-24-16)18(23)21-7-5-12-10-19-11-13(12)6-8-21;/h1-4,9,12-13,19H,5-8,10-11H2,(H,20,22);1H/t12-,13+;. The second-order valence-electron chi connectivity index (χ2n) is 6.64. The van der Waals surface area contributed by atoms with Crippen molar-refractivity contribution in [2.75, 3.05) is 26.2 Å². The molecule has 0 radical (unpaired) electrons. The fourth-order valence-corrected chi connectivity index (χ4v) is 3.81. The lowest BCUT2D eigenvalue weighted by Crippen LogP contribution is -2.36. The number of carbonyl (C=O) groups excluding carboxylic acids is 1. The first-order valence-corrected chi connectivity index (χ1v) is 8.49. The molecular weight excluding hydrogens is 342 g/mol. The Bertz CT molecular complexity index is 773. The number of aromatic nitrogens is 1. The Morgan fingerprint density at radius 2 is 1.84 bits per heavy atom. The number of amides is 1. The molecule has 4 heterocycles. The van der Waals surface area contributed by atoms with Crippen LogP contribution in [0, 0.1) is 11.8 Å². The summed E-state index contributed by atoms with van der Waals surface area (Å²) in [5.41, 5.74) is 0.425. The minimum Gasteiger partial charge on any atom is -0.463 e. The number of aromatic amines is 1. The van der Waals surface area contributed by atoms with Gasteiger partial charge < -0.3 is 19.6 Å². The van der Waals surface area contributed by atoms with E-state index in [9.17, 15) is 9.59 Å². The van der Waals surface area contributed by atoms with Crippen molar-refractivity contribution in [2.24, 2.45) is 11.8 Å². The van der Waals surface area contributed by atoms with Crippen LogP contribution in [0.2, 0.25) is 0 Å². The summed E-state index contributed by atoms with van der Waals surface area (Å²) in [4.78, 5) is 29.7. The van der Waals surface area contributed by atoms with E-state index in [1.165, 1.54) is 0 Å². The predicted octanol–water partition coefficient (Wildman–Crippen LogP) is 2.13. The highest BCUT2D eigenvalue weighted by Crippen LogP contribution is 2.27. The number of fused-ring (bicyclic) bond motifs is 1. The summed E-state index contributed by atoms with van der Waals surface area (Å²) in [5, 5.41) is 3.43. The van der Waals surface area contributed by atoms with Gasteiger partial charge in [-0.1, -0.05) is 0 Å². The third-order valence-corrected chi connectivity index (χ3v) is 5.23. The SMILES string of the molecule is Cl.O=C(c1ccc(-c2ccco2)[nH]c1=O)N1CC[C@@H]2CNC[C@@H]2CC1. The number of hydrogen-bond acceptors (Lipinski definition) is 4. The van der Waals surface area contributed by atoms with E-state index in [0.29, 0.717) is 23.3 Å². The molecule has 2 aliphatic heterocycles. The first kappa shape index (κ1) is 17.8. The maximum atomic E-state index is 12.8. The molecule has 25 heavy (non-hydrogen) atoms. The summed E-state index contributed by atoms with van der Waals surface area (Å²) < 4.78 is 5.28. The second-order valence-corrected chi connectivity index (χ2v) is 6.64. The second kappa shape index (κ2) is 7.45. The van der Waals surface area contributed by atoms with Crippen molar-refractivity contribution >= 4 is 18.3 Å². The molecule has 2 saturated heterocycles. The molecule has 7 heteroatoms. The minimum atomic E-state index is -0.361. The van der Waals surface area contributed by atoms with Crippen LogP contribution in [0.1, 0.15) is 23.2 Å². The van der Waals surface area contributed by atoms with Gasteiger partial charge in [-0.3, -0.25) is 9.59 Å². The van der Waals surface area contributed by atoms with Gasteiger partial charge in [0.2, 0.25) is 0 Å². The fraction of sp³-hybridized carbons (Fsp3) is 0.444. The molecule has 0 bridgehead atoms. The molecule has 6 nitrogen and oxygen atoms in total. The number of nitrogens with one attached hydrogen (secondary N) is 2. The first-order valence-electron chi connectivity index (χ1n) is 8.49. The number of hydrogen-bond donors (Lipinski definition) is 2. The highest BCUT2D eigenvalue weighted by Gasteiger charge is 2.32. The van der Waals surface area contributed by atoms with E-state index in [1.807, 2.05) is 4.90 Å². The molecule has 2 N–H and O–H groups in total. The Labute approximate surface area is 152 Å². The maximum absolute atomic E-state index is 12.8. The molecule has 2 atom stereocenters. The number of halogens is 1. The van der Waals surface area contributed by atoms with Crippen LogP contribution in [0.5, 0.6) is 0 Å². The average molecular weight is 364 g/mol. The van der Waals surface area contributed by atoms with Crippen molar-refractivity contribution in [3.8, 4) is 11.5 Å². The Morgan fingerprint density at radius 1 is 1.12 bits per heavy atom. The summed E-state index contributed by atoms with van der Waals surface area (Å²) in [6, 6.07) is 6.86. The Balaban J connectivity index is 0.00000182. The Morgan fingerprint density at radius 3 is 2.44 bits per heavy atom. The van der Waals surface area contributed by atoms with Gasteiger partial charge in [-0.2, -0.15) is 0 Å². The monoisotopic (exact) mass is 363 g/mol. The average Bonchev–Trinajstić information content (AvgIpc) is 3.23. The van der Waals surface area contributed by atoms with Crippen molar-refractivity contribution in [1.29, 1.82) is 0 Å². The zero-order chi connectivity index (χ0) is 16.5. The van der Waals surface area contributed by atoms with E-state index in [-0.39, 0.29) is 29.4 Å². The quantitative estimate of drug-likeness (QED) is 0.856. The lowest BCUT2D eigenvalue weighted by Gasteiger charge is -2.20. The van der Waals surface area contributed by atoms with Crippen LogP contribution in [0.25, 0.3) is 11.5 Å². The summed E-state index contributed by atoms with van der Waals surface area (Å²) in [5.74, 6) is 1.72. The molecule has 4 rings (SSSR count). The van der Waals surface area contributed by atoms with E-state index >= 15 is 0 Å². The number of pyridine rings is 1. The molecule has 0 unspecified atom stereocenters. The van der Waals surface area contributed by atoms with Crippen molar-refractivity contribution in [3.05, 3.63) is 46.4 Å². The van der Waals surface area contributed by atoms with Crippen molar-refractivity contribution < 1.29 is 9.21 Å². The molecule has 2 aliphatic rings. The summed E-state index contributed by atoms with van der Waals surface area (Å²) in [7, 11) is 0. The van der Waals surface area contributed by atoms with Gasteiger partial charge in [-0.25, -0.2) is 0 Å². The van der Waals surface area contributed by atoms with Crippen LogP contribution < -0.4 is 10.9 Å².